The summed E-state index contributed by atoms with van der Waals surface area (Å²) in [4.78, 5) is 1.94. The maximum Gasteiger partial charge on any atom is 0.162 e. The molecule has 106 valence electrons. The lowest BCUT2D eigenvalue weighted by Gasteiger charge is -2.25. The van der Waals surface area contributed by atoms with Gasteiger partial charge in [0.15, 0.2) is 5.82 Å². The summed E-state index contributed by atoms with van der Waals surface area (Å²) in [6.07, 6.45) is 2.04. The fourth-order valence-corrected chi connectivity index (χ4v) is 1.93. The molecule has 0 radical (unpaired) electrons. The van der Waals surface area contributed by atoms with Crippen molar-refractivity contribution >= 4 is 11.7 Å². The van der Waals surface area contributed by atoms with Crippen molar-refractivity contribution in [3.05, 3.63) is 16.8 Å². The maximum atomic E-state index is 9.18. The molecule has 4 N–H and O–H groups in total. The Balaban J connectivity index is 3.21. The first kappa shape index (κ1) is 15.4. The highest BCUT2D eigenvalue weighted by Crippen LogP contribution is 2.21. The summed E-state index contributed by atoms with van der Waals surface area (Å²) in [5, 5.41) is 25.2. The van der Waals surface area contributed by atoms with Crippen LogP contribution in [-0.4, -0.2) is 40.8 Å². The van der Waals surface area contributed by atoms with E-state index in [9.17, 15) is 5.11 Å². The number of aliphatic hydroxyl groups excluding tert-OH is 1. The van der Waals surface area contributed by atoms with Crippen LogP contribution in [-0.2, 0) is 0 Å². The third-order valence-electron chi connectivity index (χ3n) is 3.16. The summed E-state index contributed by atoms with van der Waals surface area (Å²) in [6, 6.07) is 0. The normalized spacial score (nSPS) is 10.5. The molecule has 0 bridgehead atoms. The van der Waals surface area contributed by atoms with Gasteiger partial charge in [-0.3, -0.25) is 5.41 Å². The van der Waals surface area contributed by atoms with Gasteiger partial charge >= 0.3 is 0 Å². The average Bonchev–Trinajstić information content (AvgIpc) is 2.37. The molecule has 19 heavy (non-hydrogen) atoms. The van der Waals surface area contributed by atoms with E-state index >= 15 is 0 Å². The highest BCUT2D eigenvalue weighted by atomic mass is 16.3. The van der Waals surface area contributed by atoms with E-state index in [1.165, 1.54) is 0 Å². The number of aromatic nitrogens is 2. The minimum absolute atomic E-state index is 0.00932. The molecule has 0 saturated carbocycles. The zero-order chi connectivity index (χ0) is 14.4. The van der Waals surface area contributed by atoms with E-state index in [1.807, 2.05) is 18.7 Å². The minimum Gasteiger partial charge on any atom is -0.395 e. The number of nitrogen functional groups attached to an aromatic ring is 1. The topological polar surface area (TPSA) is 99.1 Å². The lowest BCUT2D eigenvalue weighted by Crippen LogP contribution is -2.32. The van der Waals surface area contributed by atoms with Crippen LogP contribution in [0.2, 0.25) is 0 Å². The van der Waals surface area contributed by atoms with Gasteiger partial charge in [0.25, 0.3) is 0 Å². The van der Waals surface area contributed by atoms with Crippen LogP contribution in [0.25, 0.3) is 0 Å². The van der Waals surface area contributed by atoms with E-state index in [-0.39, 0.29) is 12.4 Å². The minimum atomic E-state index is -0.00932. The summed E-state index contributed by atoms with van der Waals surface area (Å²) in [7, 11) is 0. The van der Waals surface area contributed by atoms with Crippen LogP contribution in [0, 0.1) is 19.3 Å². The molecule has 0 aliphatic carbocycles. The van der Waals surface area contributed by atoms with Gasteiger partial charge in [0.05, 0.1) is 17.9 Å². The highest BCUT2D eigenvalue weighted by Gasteiger charge is 2.18. The highest BCUT2D eigenvalue weighted by molar-refractivity contribution is 6.01. The van der Waals surface area contributed by atoms with Crippen LogP contribution in [0.3, 0.4) is 0 Å². The lowest BCUT2D eigenvalue weighted by atomic mass is 10.1. The Labute approximate surface area is 114 Å². The van der Waals surface area contributed by atoms with Gasteiger partial charge in [-0.2, -0.15) is 5.10 Å². The third-order valence-corrected chi connectivity index (χ3v) is 3.16. The standard InChI is InChI=1S/C13H23N5O/c1-4-5-6-18(7-8-19)13-11(12(14)15)9(2)10(3)16-17-13/h19H,4-8H2,1-3H3,(H3,14,15). The smallest absolute Gasteiger partial charge is 0.162 e. The van der Waals surface area contributed by atoms with Crippen LogP contribution in [0.4, 0.5) is 5.82 Å². The molecule has 1 aromatic rings. The summed E-state index contributed by atoms with van der Waals surface area (Å²) >= 11 is 0. The largest absolute Gasteiger partial charge is 0.395 e. The van der Waals surface area contributed by atoms with E-state index in [1.54, 1.807) is 0 Å². The van der Waals surface area contributed by atoms with Crippen LogP contribution in [0.1, 0.15) is 36.6 Å². The molecular weight excluding hydrogens is 242 g/mol. The first-order valence-corrected chi connectivity index (χ1v) is 6.57. The number of amidine groups is 1. The Morgan fingerprint density at radius 2 is 2.00 bits per heavy atom. The average molecular weight is 265 g/mol. The zero-order valence-corrected chi connectivity index (χ0v) is 11.9. The Morgan fingerprint density at radius 3 is 2.53 bits per heavy atom. The molecule has 6 nitrogen and oxygen atoms in total. The lowest BCUT2D eigenvalue weighted by molar-refractivity contribution is 0.301. The molecule has 0 aliphatic heterocycles. The molecule has 0 aliphatic rings. The zero-order valence-electron chi connectivity index (χ0n) is 11.9. The SMILES string of the molecule is CCCCN(CCO)c1nnc(C)c(C)c1C(=N)N. The number of unbranched alkanes of at least 4 members (excludes halogenated alkanes) is 1. The predicted molar refractivity (Wildman–Crippen MR) is 76.7 cm³/mol. The monoisotopic (exact) mass is 265 g/mol. The van der Waals surface area contributed by atoms with Crippen molar-refractivity contribution in [3.8, 4) is 0 Å². The number of anilines is 1. The molecule has 0 aromatic carbocycles. The number of rotatable bonds is 7. The summed E-state index contributed by atoms with van der Waals surface area (Å²) in [6.45, 7) is 7.12. The van der Waals surface area contributed by atoms with Gasteiger partial charge < -0.3 is 15.7 Å². The maximum absolute atomic E-state index is 9.18. The predicted octanol–water partition coefficient (Wildman–Crippen LogP) is 0.976. The molecule has 0 spiro atoms. The Bertz CT molecular complexity index is 447. The number of nitrogens with zero attached hydrogens (tertiary/aromatic N) is 3. The van der Waals surface area contributed by atoms with Crippen molar-refractivity contribution in [2.75, 3.05) is 24.6 Å². The second kappa shape index (κ2) is 7.04. The fourth-order valence-electron chi connectivity index (χ4n) is 1.93. The number of aliphatic hydroxyl groups is 1. The second-order valence-corrected chi connectivity index (χ2v) is 4.59. The number of hydrogen-bond acceptors (Lipinski definition) is 5. The van der Waals surface area contributed by atoms with E-state index < -0.39 is 0 Å². The second-order valence-electron chi connectivity index (χ2n) is 4.59. The van der Waals surface area contributed by atoms with Crippen molar-refractivity contribution in [2.24, 2.45) is 5.73 Å². The van der Waals surface area contributed by atoms with Crippen molar-refractivity contribution in [1.29, 1.82) is 5.41 Å². The molecule has 6 heteroatoms. The number of nitrogens with two attached hydrogens (primary N) is 1. The molecular formula is C13H23N5O. The van der Waals surface area contributed by atoms with Crippen molar-refractivity contribution < 1.29 is 5.11 Å². The molecule has 0 fully saturated rings. The molecule has 0 unspecified atom stereocenters. The Morgan fingerprint density at radius 1 is 1.32 bits per heavy atom. The molecule has 1 aromatic heterocycles. The van der Waals surface area contributed by atoms with Gasteiger partial charge in [0, 0.05) is 13.1 Å². The number of nitrogens with one attached hydrogen (secondary N) is 1. The fraction of sp³-hybridized carbons (Fsp3) is 0.615. The van der Waals surface area contributed by atoms with Crippen LogP contribution in [0.15, 0.2) is 0 Å². The molecule has 1 rings (SSSR count). The molecule has 0 saturated heterocycles. The van der Waals surface area contributed by atoms with E-state index in [0.717, 1.165) is 30.6 Å². The van der Waals surface area contributed by atoms with Gasteiger partial charge in [-0.15, -0.1) is 5.10 Å². The molecule has 1 heterocycles. The third kappa shape index (κ3) is 3.64. The van der Waals surface area contributed by atoms with E-state index in [0.29, 0.717) is 17.9 Å². The first-order chi connectivity index (χ1) is 9.02. The molecule has 0 atom stereocenters. The van der Waals surface area contributed by atoms with Gasteiger partial charge in [0.1, 0.15) is 5.84 Å². The van der Waals surface area contributed by atoms with E-state index in [4.69, 9.17) is 11.1 Å². The number of aryl methyl sites for hydroxylation is 1. The van der Waals surface area contributed by atoms with Crippen LogP contribution < -0.4 is 10.6 Å². The van der Waals surface area contributed by atoms with Gasteiger partial charge in [-0.1, -0.05) is 13.3 Å². The van der Waals surface area contributed by atoms with E-state index in [2.05, 4.69) is 17.1 Å². The van der Waals surface area contributed by atoms with Crippen LogP contribution in [0.5, 0.6) is 0 Å². The Kier molecular flexibility index (Phi) is 5.69. The van der Waals surface area contributed by atoms with Crippen molar-refractivity contribution in [3.63, 3.8) is 0 Å². The summed E-state index contributed by atoms with van der Waals surface area (Å²) in [5.74, 6) is 0.586. The van der Waals surface area contributed by atoms with Gasteiger partial charge in [0.2, 0.25) is 0 Å². The van der Waals surface area contributed by atoms with Crippen molar-refractivity contribution in [1.82, 2.24) is 10.2 Å². The van der Waals surface area contributed by atoms with Gasteiger partial charge in [-0.05, 0) is 25.8 Å². The number of hydrogen-bond donors (Lipinski definition) is 3. The van der Waals surface area contributed by atoms with Gasteiger partial charge in [-0.25, -0.2) is 0 Å². The molecule has 0 amide bonds. The van der Waals surface area contributed by atoms with Crippen LogP contribution >= 0.6 is 0 Å². The first-order valence-electron chi connectivity index (χ1n) is 6.57. The summed E-state index contributed by atoms with van der Waals surface area (Å²) < 4.78 is 0. The summed E-state index contributed by atoms with van der Waals surface area (Å²) in [5.41, 5.74) is 7.94. The quantitative estimate of drug-likeness (QED) is 0.504. The Hall–Kier alpha value is -1.69. The van der Waals surface area contributed by atoms with Crippen molar-refractivity contribution in [2.45, 2.75) is 33.6 Å².